The normalized spacial score (nSPS) is 14.5. The molecule has 4 rings (SSSR count). The van der Waals surface area contributed by atoms with E-state index in [1.807, 2.05) is 13.8 Å². The molecule has 0 bridgehead atoms. The summed E-state index contributed by atoms with van der Waals surface area (Å²) < 4.78 is 34.6. The zero-order valence-corrected chi connectivity index (χ0v) is 27.6. The topological polar surface area (TPSA) is 96.0 Å². The van der Waals surface area contributed by atoms with Crippen LogP contribution in [0.1, 0.15) is 56.6 Å². The predicted octanol–water partition coefficient (Wildman–Crippen LogP) is 6.76. The Morgan fingerprint density at radius 2 is 1.61 bits per heavy atom. The smallest absolute Gasteiger partial charge is 0.264 e. The lowest BCUT2D eigenvalue weighted by molar-refractivity contribution is -0.140. The Morgan fingerprint density at radius 3 is 2.23 bits per heavy atom. The molecule has 0 spiro atoms. The molecule has 2 amide bonds. The van der Waals surface area contributed by atoms with E-state index in [1.165, 1.54) is 24.1 Å². The van der Waals surface area contributed by atoms with Crippen LogP contribution >= 0.6 is 23.2 Å². The molecule has 1 aliphatic carbocycles. The summed E-state index contributed by atoms with van der Waals surface area (Å²) in [6.07, 6.45) is 5.26. The molecule has 3 aromatic rings. The number of methoxy groups -OCH3 is 1. The number of hydrogen-bond donors (Lipinski definition) is 1. The van der Waals surface area contributed by atoms with Crippen LogP contribution < -0.4 is 14.4 Å². The van der Waals surface area contributed by atoms with Gasteiger partial charge in [0.1, 0.15) is 18.3 Å². The maximum atomic E-state index is 14.4. The Bertz CT molecular complexity index is 1540. The highest BCUT2D eigenvalue weighted by molar-refractivity contribution is 7.92. The van der Waals surface area contributed by atoms with Crippen LogP contribution in [0.4, 0.5) is 5.69 Å². The SMILES string of the molecule is CCC(C(=O)NC1CCCCC1)N(Cc1c(Cl)cccc1Cl)C(=O)CN(c1cccc(OC)c1)S(=O)(=O)c1ccc(C)cc1. The van der Waals surface area contributed by atoms with Crippen molar-refractivity contribution < 1.29 is 22.7 Å². The lowest BCUT2D eigenvalue weighted by Crippen LogP contribution is -2.54. The van der Waals surface area contributed by atoms with Gasteiger partial charge in [0.15, 0.2) is 0 Å². The van der Waals surface area contributed by atoms with Crippen molar-refractivity contribution in [3.8, 4) is 5.75 Å². The molecule has 0 radical (unpaired) electrons. The summed E-state index contributed by atoms with van der Waals surface area (Å²) in [5.41, 5.74) is 1.61. The molecule has 0 heterocycles. The largest absolute Gasteiger partial charge is 0.497 e. The molecule has 0 saturated heterocycles. The highest BCUT2D eigenvalue weighted by atomic mass is 35.5. The monoisotopic (exact) mass is 659 g/mol. The van der Waals surface area contributed by atoms with Crippen LogP contribution in [0, 0.1) is 6.92 Å². The van der Waals surface area contributed by atoms with Crippen LogP contribution in [0.5, 0.6) is 5.75 Å². The highest BCUT2D eigenvalue weighted by Crippen LogP contribution is 2.30. The van der Waals surface area contributed by atoms with Gasteiger partial charge in [-0.25, -0.2) is 8.42 Å². The molecule has 1 saturated carbocycles. The maximum absolute atomic E-state index is 14.4. The molecule has 1 atom stereocenters. The maximum Gasteiger partial charge on any atom is 0.264 e. The van der Waals surface area contributed by atoms with Crippen molar-refractivity contribution in [1.82, 2.24) is 10.2 Å². The van der Waals surface area contributed by atoms with Crippen LogP contribution in [-0.4, -0.2) is 50.9 Å². The van der Waals surface area contributed by atoms with Crippen LogP contribution in [0.2, 0.25) is 10.0 Å². The molecule has 3 aromatic carbocycles. The van der Waals surface area contributed by atoms with Gasteiger partial charge in [0.05, 0.1) is 17.7 Å². The molecule has 11 heteroatoms. The fourth-order valence-corrected chi connectivity index (χ4v) is 7.37. The minimum Gasteiger partial charge on any atom is -0.497 e. The van der Waals surface area contributed by atoms with Crippen LogP contribution in [0.3, 0.4) is 0 Å². The Morgan fingerprint density at radius 1 is 0.977 bits per heavy atom. The second-order valence-corrected chi connectivity index (χ2v) is 13.7. The molecule has 0 aliphatic heterocycles. The van der Waals surface area contributed by atoms with Gasteiger partial charge in [0.25, 0.3) is 10.0 Å². The van der Waals surface area contributed by atoms with Gasteiger partial charge < -0.3 is 15.0 Å². The van der Waals surface area contributed by atoms with Gasteiger partial charge >= 0.3 is 0 Å². The van der Waals surface area contributed by atoms with E-state index in [4.69, 9.17) is 27.9 Å². The number of rotatable bonds is 12. The number of ether oxygens (including phenoxy) is 1. The number of benzene rings is 3. The molecule has 1 aliphatic rings. The first-order valence-electron chi connectivity index (χ1n) is 14.8. The number of halogens is 2. The fraction of sp³-hybridized carbons (Fsp3) is 0.394. The number of amides is 2. The van der Waals surface area contributed by atoms with Gasteiger partial charge in [-0.05, 0) is 62.6 Å². The third kappa shape index (κ3) is 8.06. The van der Waals surface area contributed by atoms with Crippen molar-refractivity contribution in [3.05, 3.63) is 87.9 Å². The zero-order chi connectivity index (χ0) is 31.9. The summed E-state index contributed by atoms with van der Waals surface area (Å²) in [4.78, 5) is 29.5. The van der Waals surface area contributed by atoms with Crippen LogP contribution in [-0.2, 0) is 26.2 Å². The predicted molar refractivity (Wildman–Crippen MR) is 175 cm³/mol. The summed E-state index contributed by atoms with van der Waals surface area (Å²) >= 11 is 13.0. The molecule has 1 unspecified atom stereocenters. The second-order valence-electron chi connectivity index (χ2n) is 11.0. The van der Waals surface area contributed by atoms with Crippen molar-refractivity contribution in [2.24, 2.45) is 0 Å². The van der Waals surface area contributed by atoms with Crippen LogP contribution in [0.15, 0.2) is 71.6 Å². The summed E-state index contributed by atoms with van der Waals surface area (Å²) in [5, 5.41) is 3.82. The average Bonchev–Trinajstić information content (AvgIpc) is 3.01. The van der Waals surface area contributed by atoms with Gasteiger partial charge in [-0.3, -0.25) is 13.9 Å². The molecule has 1 N–H and O–H groups in total. The lowest BCUT2D eigenvalue weighted by Gasteiger charge is -2.34. The van der Waals surface area contributed by atoms with E-state index in [0.29, 0.717) is 27.8 Å². The Labute approximate surface area is 270 Å². The van der Waals surface area contributed by atoms with E-state index >= 15 is 0 Å². The third-order valence-corrected chi connectivity index (χ3v) is 10.5. The van der Waals surface area contributed by atoms with E-state index in [9.17, 15) is 18.0 Å². The molecule has 8 nitrogen and oxygen atoms in total. The summed E-state index contributed by atoms with van der Waals surface area (Å²) in [6.45, 7) is 3.03. The van der Waals surface area contributed by atoms with Crippen molar-refractivity contribution in [1.29, 1.82) is 0 Å². The number of nitrogens with zero attached hydrogens (tertiary/aromatic N) is 2. The second kappa shape index (κ2) is 15.1. The van der Waals surface area contributed by atoms with Gasteiger partial charge in [-0.15, -0.1) is 0 Å². The van der Waals surface area contributed by atoms with Gasteiger partial charge in [0, 0.05) is 34.3 Å². The molecule has 1 fully saturated rings. The van der Waals surface area contributed by atoms with Gasteiger partial charge in [0.2, 0.25) is 11.8 Å². The van der Waals surface area contributed by atoms with Crippen molar-refractivity contribution in [3.63, 3.8) is 0 Å². The number of carbonyl (C=O) groups excluding carboxylic acids is 2. The number of anilines is 1. The van der Waals surface area contributed by atoms with Crippen LogP contribution in [0.25, 0.3) is 0 Å². The van der Waals surface area contributed by atoms with E-state index in [1.54, 1.807) is 54.6 Å². The first-order valence-corrected chi connectivity index (χ1v) is 17.0. The van der Waals surface area contributed by atoms with E-state index in [2.05, 4.69) is 5.32 Å². The first-order chi connectivity index (χ1) is 21.0. The van der Waals surface area contributed by atoms with E-state index in [0.717, 1.165) is 42.0 Å². The van der Waals surface area contributed by atoms with Crippen molar-refractivity contribution in [2.45, 2.75) is 75.9 Å². The fourth-order valence-electron chi connectivity index (χ4n) is 5.45. The van der Waals surface area contributed by atoms with E-state index < -0.39 is 28.5 Å². The lowest BCUT2D eigenvalue weighted by atomic mass is 9.95. The highest BCUT2D eigenvalue weighted by Gasteiger charge is 2.35. The number of aryl methyl sites for hydroxylation is 1. The van der Waals surface area contributed by atoms with Gasteiger partial charge in [-0.1, -0.05) is 79.2 Å². The summed E-state index contributed by atoms with van der Waals surface area (Å²) in [7, 11) is -2.73. The first kappa shape index (κ1) is 33.6. The van der Waals surface area contributed by atoms with E-state index in [-0.39, 0.29) is 29.1 Å². The average molecular weight is 661 g/mol. The summed E-state index contributed by atoms with van der Waals surface area (Å²) in [5.74, 6) is -0.438. The minimum absolute atomic E-state index is 0.0290. The quantitative estimate of drug-likeness (QED) is 0.232. The summed E-state index contributed by atoms with van der Waals surface area (Å²) in [6, 6.07) is 17.1. The number of sulfonamides is 1. The van der Waals surface area contributed by atoms with Crippen molar-refractivity contribution >= 4 is 50.7 Å². The Balaban J connectivity index is 1.75. The Kier molecular flexibility index (Phi) is 11.6. The number of carbonyl (C=O) groups is 2. The molecule has 44 heavy (non-hydrogen) atoms. The number of hydrogen-bond acceptors (Lipinski definition) is 5. The number of nitrogens with one attached hydrogen (secondary N) is 1. The molecule has 236 valence electrons. The van der Waals surface area contributed by atoms with Crippen molar-refractivity contribution in [2.75, 3.05) is 18.0 Å². The standard InChI is InChI=1S/C33H39Cl2N3O5S/c1-4-31(33(40)36-24-10-6-5-7-11-24)37(21-28-29(34)14-9-15-30(28)35)32(39)22-38(25-12-8-13-26(20-25)43-3)44(41,42)27-18-16-23(2)17-19-27/h8-9,12-20,24,31H,4-7,10-11,21-22H2,1-3H3,(H,36,40). The third-order valence-electron chi connectivity index (χ3n) is 7.96. The Hall–Kier alpha value is -3.27. The molecule has 0 aromatic heterocycles. The molecular weight excluding hydrogens is 621 g/mol. The van der Waals surface area contributed by atoms with Gasteiger partial charge in [-0.2, -0.15) is 0 Å². The minimum atomic E-state index is -4.21. The molecular formula is C33H39Cl2N3O5S. The zero-order valence-electron chi connectivity index (χ0n) is 25.3.